The van der Waals surface area contributed by atoms with Gasteiger partial charge in [-0.25, -0.2) is 4.39 Å². The zero-order valence-corrected chi connectivity index (χ0v) is 10.3. The molecule has 0 spiro atoms. The zero-order valence-electron chi connectivity index (χ0n) is 10.3. The van der Waals surface area contributed by atoms with E-state index in [2.05, 4.69) is 4.98 Å². The lowest BCUT2D eigenvalue weighted by Gasteiger charge is -2.08. The van der Waals surface area contributed by atoms with Gasteiger partial charge in [0.1, 0.15) is 5.82 Å². The Morgan fingerprint density at radius 3 is 2.79 bits per heavy atom. The first-order valence-corrected chi connectivity index (χ1v) is 6.11. The molecule has 2 N–H and O–H groups in total. The van der Waals surface area contributed by atoms with Crippen molar-refractivity contribution >= 4 is 10.8 Å². The summed E-state index contributed by atoms with van der Waals surface area (Å²) in [4.78, 5) is 4.09. The molecule has 3 heteroatoms. The van der Waals surface area contributed by atoms with E-state index in [1.807, 2.05) is 24.3 Å². The van der Waals surface area contributed by atoms with Crippen LogP contribution in [0.4, 0.5) is 4.39 Å². The molecular weight excluding hydrogens is 239 g/mol. The molecule has 0 aliphatic heterocycles. The molecule has 2 aromatic carbocycles. The van der Waals surface area contributed by atoms with Gasteiger partial charge in [0, 0.05) is 29.7 Å². The van der Waals surface area contributed by atoms with Crippen LogP contribution in [0.25, 0.3) is 21.9 Å². The largest absolute Gasteiger partial charge is 0.326 e. The Morgan fingerprint density at radius 2 is 1.95 bits per heavy atom. The van der Waals surface area contributed by atoms with Crippen LogP contribution in [-0.4, -0.2) is 4.98 Å². The van der Waals surface area contributed by atoms with Gasteiger partial charge >= 0.3 is 0 Å². The second kappa shape index (κ2) is 4.78. The SMILES string of the molecule is NCc1cccc(-c2ccc(F)c3ccncc23)c1. The smallest absolute Gasteiger partial charge is 0.131 e. The molecule has 94 valence electrons. The highest BCUT2D eigenvalue weighted by Crippen LogP contribution is 2.30. The average molecular weight is 252 g/mol. The number of nitrogens with two attached hydrogens (primary N) is 1. The summed E-state index contributed by atoms with van der Waals surface area (Å²) in [6, 6.07) is 12.9. The summed E-state index contributed by atoms with van der Waals surface area (Å²) >= 11 is 0. The van der Waals surface area contributed by atoms with E-state index in [9.17, 15) is 4.39 Å². The van der Waals surface area contributed by atoms with Crippen molar-refractivity contribution in [3.8, 4) is 11.1 Å². The number of nitrogens with zero attached hydrogens (tertiary/aromatic N) is 1. The van der Waals surface area contributed by atoms with Crippen LogP contribution in [0, 0.1) is 5.82 Å². The fourth-order valence-electron chi connectivity index (χ4n) is 2.27. The fraction of sp³-hybridized carbons (Fsp3) is 0.0625. The van der Waals surface area contributed by atoms with Crippen molar-refractivity contribution < 1.29 is 4.39 Å². The summed E-state index contributed by atoms with van der Waals surface area (Å²) in [6.07, 6.45) is 3.30. The van der Waals surface area contributed by atoms with Crippen LogP contribution in [0.3, 0.4) is 0 Å². The number of hydrogen-bond acceptors (Lipinski definition) is 2. The van der Waals surface area contributed by atoms with Gasteiger partial charge in [0.05, 0.1) is 0 Å². The molecule has 0 saturated heterocycles. The Balaban J connectivity index is 2.28. The fourth-order valence-corrected chi connectivity index (χ4v) is 2.27. The summed E-state index contributed by atoms with van der Waals surface area (Å²) < 4.78 is 13.8. The van der Waals surface area contributed by atoms with E-state index in [-0.39, 0.29) is 5.82 Å². The molecule has 0 amide bonds. The highest BCUT2D eigenvalue weighted by Gasteiger charge is 2.07. The summed E-state index contributed by atoms with van der Waals surface area (Å²) in [7, 11) is 0. The van der Waals surface area contributed by atoms with Crippen molar-refractivity contribution in [3.05, 3.63) is 66.2 Å². The summed E-state index contributed by atoms with van der Waals surface area (Å²) in [5.74, 6) is -0.226. The van der Waals surface area contributed by atoms with Crippen molar-refractivity contribution in [3.63, 3.8) is 0 Å². The van der Waals surface area contributed by atoms with E-state index < -0.39 is 0 Å². The minimum absolute atomic E-state index is 0.226. The Kier molecular flexibility index (Phi) is 2.97. The van der Waals surface area contributed by atoms with E-state index in [1.54, 1.807) is 24.5 Å². The van der Waals surface area contributed by atoms with E-state index in [0.717, 1.165) is 22.1 Å². The van der Waals surface area contributed by atoms with E-state index in [0.29, 0.717) is 11.9 Å². The highest BCUT2D eigenvalue weighted by atomic mass is 19.1. The van der Waals surface area contributed by atoms with Crippen molar-refractivity contribution in [1.29, 1.82) is 0 Å². The standard InChI is InChI=1S/C16H13FN2/c17-16-5-4-13(15-10-19-7-6-14(15)16)12-3-1-2-11(8-12)9-18/h1-8,10H,9,18H2. The maximum Gasteiger partial charge on any atom is 0.131 e. The topological polar surface area (TPSA) is 38.9 Å². The minimum Gasteiger partial charge on any atom is -0.326 e. The van der Waals surface area contributed by atoms with Crippen LogP contribution in [0.5, 0.6) is 0 Å². The minimum atomic E-state index is -0.226. The van der Waals surface area contributed by atoms with Crippen molar-refractivity contribution in [2.45, 2.75) is 6.54 Å². The molecule has 1 heterocycles. The van der Waals surface area contributed by atoms with Gasteiger partial charge in [0.2, 0.25) is 0 Å². The Bertz CT molecular complexity index is 738. The number of aromatic nitrogens is 1. The first kappa shape index (κ1) is 11.8. The molecule has 1 aromatic heterocycles. The van der Waals surface area contributed by atoms with Crippen molar-refractivity contribution in [1.82, 2.24) is 4.98 Å². The molecule has 0 radical (unpaired) electrons. The van der Waals surface area contributed by atoms with Crippen molar-refractivity contribution in [2.75, 3.05) is 0 Å². The van der Waals surface area contributed by atoms with Crippen LogP contribution in [0.2, 0.25) is 0 Å². The molecular formula is C16H13FN2. The van der Waals surface area contributed by atoms with Gasteiger partial charge in [-0.15, -0.1) is 0 Å². The normalized spacial score (nSPS) is 10.8. The van der Waals surface area contributed by atoms with E-state index >= 15 is 0 Å². The average Bonchev–Trinajstić information content (AvgIpc) is 2.48. The highest BCUT2D eigenvalue weighted by molar-refractivity contribution is 5.96. The molecule has 19 heavy (non-hydrogen) atoms. The Hall–Kier alpha value is -2.26. The Labute approximate surface area is 110 Å². The molecule has 0 aliphatic carbocycles. The first-order valence-electron chi connectivity index (χ1n) is 6.11. The number of benzene rings is 2. The number of fused-ring (bicyclic) bond motifs is 1. The second-order valence-corrected chi connectivity index (χ2v) is 4.42. The van der Waals surface area contributed by atoms with E-state index in [1.165, 1.54) is 6.07 Å². The third-order valence-corrected chi connectivity index (χ3v) is 3.24. The molecule has 3 aromatic rings. The maximum atomic E-state index is 13.8. The molecule has 0 bridgehead atoms. The Morgan fingerprint density at radius 1 is 1.05 bits per heavy atom. The second-order valence-electron chi connectivity index (χ2n) is 4.42. The predicted octanol–water partition coefficient (Wildman–Crippen LogP) is 3.50. The van der Waals surface area contributed by atoms with Gasteiger partial charge in [0.25, 0.3) is 0 Å². The van der Waals surface area contributed by atoms with Gasteiger partial charge < -0.3 is 5.73 Å². The molecule has 0 unspecified atom stereocenters. The quantitative estimate of drug-likeness (QED) is 0.758. The van der Waals surface area contributed by atoms with Gasteiger partial charge in [0.15, 0.2) is 0 Å². The maximum absolute atomic E-state index is 13.8. The number of hydrogen-bond donors (Lipinski definition) is 1. The molecule has 2 nitrogen and oxygen atoms in total. The lowest BCUT2D eigenvalue weighted by Crippen LogP contribution is -1.96. The van der Waals surface area contributed by atoms with E-state index in [4.69, 9.17) is 5.73 Å². The number of rotatable bonds is 2. The third-order valence-electron chi connectivity index (χ3n) is 3.24. The predicted molar refractivity (Wildman–Crippen MR) is 75.0 cm³/mol. The first-order chi connectivity index (χ1) is 9.29. The van der Waals surface area contributed by atoms with Gasteiger partial charge in [-0.05, 0) is 34.9 Å². The summed E-state index contributed by atoms with van der Waals surface area (Å²) in [5.41, 5.74) is 8.72. The molecule has 0 atom stereocenters. The van der Waals surface area contributed by atoms with Gasteiger partial charge in [-0.3, -0.25) is 4.98 Å². The molecule has 0 aliphatic rings. The number of halogens is 1. The summed E-state index contributed by atoms with van der Waals surface area (Å²) in [5, 5.41) is 1.40. The monoisotopic (exact) mass is 252 g/mol. The lowest BCUT2D eigenvalue weighted by molar-refractivity contribution is 0.640. The molecule has 0 saturated carbocycles. The third kappa shape index (κ3) is 2.09. The number of pyridine rings is 1. The molecule has 3 rings (SSSR count). The molecule has 0 fully saturated rings. The summed E-state index contributed by atoms with van der Waals surface area (Å²) in [6.45, 7) is 0.491. The van der Waals surface area contributed by atoms with Crippen LogP contribution in [0.15, 0.2) is 54.9 Å². The van der Waals surface area contributed by atoms with Crippen LogP contribution >= 0.6 is 0 Å². The van der Waals surface area contributed by atoms with Crippen LogP contribution in [0.1, 0.15) is 5.56 Å². The van der Waals surface area contributed by atoms with Gasteiger partial charge in [-0.2, -0.15) is 0 Å². The van der Waals surface area contributed by atoms with Crippen LogP contribution < -0.4 is 5.73 Å². The van der Waals surface area contributed by atoms with Gasteiger partial charge in [-0.1, -0.05) is 24.3 Å². The zero-order chi connectivity index (χ0) is 13.2. The van der Waals surface area contributed by atoms with Crippen LogP contribution in [-0.2, 0) is 6.54 Å². The lowest BCUT2D eigenvalue weighted by atomic mass is 9.98. The van der Waals surface area contributed by atoms with Crippen molar-refractivity contribution in [2.24, 2.45) is 5.73 Å².